The summed E-state index contributed by atoms with van der Waals surface area (Å²) in [4.78, 5) is 0. The molecule has 3 fully saturated rings. The Labute approximate surface area is 104 Å². The van der Waals surface area contributed by atoms with Gasteiger partial charge in [-0.2, -0.15) is 0 Å². The molecule has 0 radical (unpaired) electrons. The van der Waals surface area contributed by atoms with E-state index < -0.39 is 8.67 Å². The molecular formula is C10H12Cl4. The van der Waals surface area contributed by atoms with Crippen molar-refractivity contribution in [1.29, 1.82) is 0 Å². The average molecular weight is 274 g/mol. The zero-order valence-corrected chi connectivity index (χ0v) is 10.7. The lowest BCUT2D eigenvalue weighted by Crippen LogP contribution is -2.24. The number of fused-ring (bicyclic) bond motifs is 1. The second kappa shape index (κ2) is 2.70. The Morgan fingerprint density at radius 1 is 0.929 bits per heavy atom. The molecule has 3 aliphatic carbocycles. The summed E-state index contributed by atoms with van der Waals surface area (Å²) in [6.07, 6.45) is 5.03. The highest BCUT2D eigenvalue weighted by Gasteiger charge is 2.93. The largest absolute Gasteiger partial charge is 0.128 e. The number of rotatable bonds is 0. The predicted octanol–water partition coefficient (Wildman–Crippen LogP) is 4.54. The Morgan fingerprint density at radius 2 is 1.64 bits per heavy atom. The Bertz CT molecular complexity index is 284. The predicted molar refractivity (Wildman–Crippen MR) is 61.4 cm³/mol. The number of halogens is 4. The standard InChI is InChI=1S/C10H12Cl4/c11-8(12)3-1-4-9-6(2-5-8)7(9)10(9,13)14/h6-7H,1-5H2/t6-,7-,9-/m0/s1. The summed E-state index contributed by atoms with van der Waals surface area (Å²) in [5.41, 5.74) is 0.264. The molecule has 0 saturated heterocycles. The van der Waals surface area contributed by atoms with Crippen LogP contribution in [0.5, 0.6) is 0 Å². The van der Waals surface area contributed by atoms with Crippen LogP contribution in [0, 0.1) is 17.3 Å². The van der Waals surface area contributed by atoms with Crippen molar-refractivity contribution in [3.05, 3.63) is 0 Å². The molecule has 14 heavy (non-hydrogen) atoms. The van der Waals surface area contributed by atoms with Gasteiger partial charge >= 0.3 is 0 Å². The van der Waals surface area contributed by atoms with Crippen LogP contribution in [0.4, 0.5) is 0 Å². The molecule has 4 heteroatoms. The van der Waals surface area contributed by atoms with E-state index in [1.165, 1.54) is 0 Å². The molecule has 3 saturated carbocycles. The molecule has 80 valence electrons. The van der Waals surface area contributed by atoms with E-state index in [2.05, 4.69) is 0 Å². The van der Waals surface area contributed by atoms with Gasteiger partial charge in [-0.1, -0.05) is 0 Å². The van der Waals surface area contributed by atoms with Gasteiger partial charge in [-0.05, 0) is 38.0 Å². The lowest BCUT2D eigenvalue weighted by molar-refractivity contribution is 0.356. The molecule has 0 heterocycles. The Hall–Kier alpha value is 1.16. The number of hydrogen-bond donors (Lipinski definition) is 0. The van der Waals surface area contributed by atoms with Gasteiger partial charge in [0.25, 0.3) is 0 Å². The van der Waals surface area contributed by atoms with Crippen LogP contribution in [0.2, 0.25) is 0 Å². The quantitative estimate of drug-likeness (QED) is 0.569. The van der Waals surface area contributed by atoms with Crippen LogP contribution < -0.4 is 0 Å². The summed E-state index contributed by atoms with van der Waals surface area (Å²) in [5, 5.41) is 0. The lowest BCUT2D eigenvalue weighted by Gasteiger charge is -2.28. The Morgan fingerprint density at radius 3 is 2.29 bits per heavy atom. The van der Waals surface area contributed by atoms with Crippen molar-refractivity contribution in [1.82, 2.24) is 0 Å². The van der Waals surface area contributed by atoms with Gasteiger partial charge in [-0.25, -0.2) is 0 Å². The summed E-state index contributed by atoms with van der Waals surface area (Å²) in [6, 6.07) is 0. The molecule has 0 N–H and O–H groups in total. The smallest absolute Gasteiger partial charge is 0.102 e. The molecule has 0 aromatic carbocycles. The molecular weight excluding hydrogens is 262 g/mol. The Balaban J connectivity index is 1.72. The molecule has 0 bridgehead atoms. The fraction of sp³-hybridized carbons (Fsp3) is 1.00. The monoisotopic (exact) mass is 272 g/mol. The van der Waals surface area contributed by atoms with Crippen LogP contribution in [0.1, 0.15) is 32.1 Å². The van der Waals surface area contributed by atoms with Crippen molar-refractivity contribution in [3.8, 4) is 0 Å². The summed E-state index contributed by atoms with van der Waals surface area (Å²) in [5.74, 6) is 1.25. The molecule has 0 aliphatic heterocycles. The van der Waals surface area contributed by atoms with Gasteiger partial charge in [0.15, 0.2) is 0 Å². The normalized spacial score (nSPS) is 52.3. The van der Waals surface area contributed by atoms with Crippen molar-refractivity contribution >= 4 is 46.4 Å². The minimum Gasteiger partial charge on any atom is -0.102 e. The van der Waals surface area contributed by atoms with E-state index in [1.54, 1.807) is 0 Å². The van der Waals surface area contributed by atoms with E-state index in [4.69, 9.17) is 46.4 Å². The van der Waals surface area contributed by atoms with Gasteiger partial charge < -0.3 is 0 Å². The van der Waals surface area contributed by atoms with E-state index in [0.29, 0.717) is 11.8 Å². The first-order valence-corrected chi connectivity index (χ1v) is 6.69. The minimum absolute atomic E-state index is 0.264. The van der Waals surface area contributed by atoms with Crippen molar-refractivity contribution in [3.63, 3.8) is 0 Å². The van der Waals surface area contributed by atoms with Crippen LogP contribution in [0.25, 0.3) is 0 Å². The fourth-order valence-corrected chi connectivity index (χ4v) is 5.26. The van der Waals surface area contributed by atoms with E-state index >= 15 is 0 Å². The van der Waals surface area contributed by atoms with Crippen LogP contribution in [-0.2, 0) is 0 Å². The summed E-state index contributed by atoms with van der Waals surface area (Å²) >= 11 is 24.7. The lowest BCUT2D eigenvalue weighted by atomic mass is 9.90. The third-order valence-corrected chi connectivity index (χ3v) is 6.32. The van der Waals surface area contributed by atoms with E-state index in [9.17, 15) is 0 Å². The first-order valence-electron chi connectivity index (χ1n) is 5.17. The summed E-state index contributed by atoms with van der Waals surface area (Å²) in [6.45, 7) is 0. The van der Waals surface area contributed by atoms with Crippen LogP contribution in [0.15, 0.2) is 0 Å². The highest BCUT2D eigenvalue weighted by molar-refractivity contribution is 6.53. The molecule has 0 amide bonds. The zero-order valence-electron chi connectivity index (χ0n) is 7.70. The van der Waals surface area contributed by atoms with E-state index in [-0.39, 0.29) is 5.41 Å². The van der Waals surface area contributed by atoms with Crippen molar-refractivity contribution in [2.75, 3.05) is 0 Å². The maximum absolute atomic E-state index is 6.20. The second-order valence-electron chi connectivity index (χ2n) is 5.00. The maximum atomic E-state index is 6.20. The number of alkyl halides is 4. The molecule has 0 aromatic heterocycles. The van der Waals surface area contributed by atoms with Crippen molar-refractivity contribution in [2.24, 2.45) is 17.3 Å². The van der Waals surface area contributed by atoms with Crippen LogP contribution in [0.3, 0.4) is 0 Å². The minimum atomic E-state index is -0.502. The van der Waals surface area contributed by atoms with Gasteiger partial charge in [0.1, 0.15) is 8.67 Å². The molecule has 3 atom stereocenters. The number of hydrogen-bond acceptors (Lipinski definition) is 0. The van der Waals surface area contributed by atoms with Crippen LogP contribution >= 0.6 is 46.4 Å². The van der Waals surface area contributed by atoms with E-state index in [1.807, 2.05) is 0 Å². The van der Waals surface area contributed by atoms with E-state index in [0.717, 1.165) is 32.1 Å². The van der Waals surface area contributed by atoms with Gasteiger partial charge in [-0.3, -0.25) is 0 Å². The topological polar surface area (TPSA) is 0 Å². The van der Waals surface area contributed by atoms with Gasteiger partial charge in [0.05, 0.1) is 0 Å². The van der Waals surface area contributed by atoms with Gasteiger partial charge in [-0.15, -0.1) is 46.4 Å². The molecule has 3 aliphatic rings. The average Bonchev–Trinajstić information content (AvgIpc) is 2.82. The second-order valence-corrected chi connectivity index (χ2v) is 8.02. The Kier molecular flexibility index (Phi) is 1.99. The SMILES string of the molecule is ClC1(Cl)CCC[C@@]23[C@H]([C@@H]2CC1)C3(Cl)Cl. The maximum Gasteiger partial charge on any atom is 0.128 e. The first kappa shape index (κ1) is 10.3. The highest BCUT2D eigenvalue weighted by Crippen LogP contribution is 2.93. The molecule has 0 aromatic rings. The van der Waals surface area contributed by atoms with Crippen molar-refractivity contribution < 1.29 is 0 Å². The zero-order chi connectivity index (χ0) is 10.2. The molecule has 3 rings (SSSR count). The van der Waals surface area contributed by atoms with Gasteiger partial charge in [0.2, 0.25) is 0 Å². The molecule has 0 nitrogen and oxygen atoms in total. The molecule has 1 spiro atoms. The summed E-state index contributed by atoms with van der Waals surface area (Å²) < 4.78 is -0.909. The van der Waals surface area contributed by atoms with Gasteiger partial charge in [0, 0.05) is 11.3 Å². The van der Waals surface area contributed by atoms with Crippen molar-refractivity contribution in [2.45, 2.75) is 40.8 Å². The first-order chi connectivity index (χ1) is 6.42. The third-order valence-electron chi connectivity index (χ3n) is 4.39. The molecule has 0 unspecified atom stereocenters. The fourth-order valence-electron chi connectivity index (χ4n) is 3.49. The van der Waals surface area contributed by atoms with Crippen LogP contribution in [-0.4, -0.2) is 8.67 Å². The highest BCUT2D eigenvalue weighted by atomic mass is 35.5. The summed E-state index contributed by atoms with van der Waals surface area (Å²) in [7, 11) is 0. The third kappa shape index (κ3) is 1.09.